The van der Waals surface area contributed by atoms with Gasteiger partial charge in [-0.2, -0.15) is 13.2 Å². The molecule has 108 valence electrons. The molecule has 4 nitrogen and oxygen atoms in total. The van der Waals surface area contributed by atoms with Crippen LogP contribution in [0.4, 0.5) is 13.2 Å². The van der Waals surface area contributed by atoms with Crippen LogP contribution in [0.3, 0.4) is 0 Å². The third-order valence-corrected chi connectivity index (χ3v) is 4.15. The van der Waals surface area contributed by atoms with E-state index < -0.39 is 30.9 Å². The molecule has 2 aliphatic rings. The van der Waals surface area contributed by atoms with Crippen molar-refractivity contribution in [2.24, 2.45) is 17.8 Å². The normalized spacial score (nSPS) is 33.4. The summed E-state index contributed by atoms with van der Waals surface area (Å²) < 4.78 is 35.9. The van der Waals surface area contributed by atoms with E-state index in [1.165, 1.54) is 0 Å². The Morgan fingerprint density at radius 1 is 1.21 bits per heavy atom. The maximum Gasteiger partial charge on any atom is 0.389 e. The van der Waals surface area contributed by atoms with Gasteiger partial charge in [0.25, 0.3) is 0 Å². The Bertz CT molecular complexity index is 383. The Balaban J connectivity index is 1.74. The van der Waals surface area contributed by atoms with Gasteiger partial charge in [-0.05, 0) is 31.1 Å². The molecule has 1 amide bonds. The Morgan fingerprint density at radius 3 is 2.47 bits per heavy atom. The molecular formula is C12H16F3NO3. The molecule has 2 fully saturated rings. The number of carbonyl (C=O) groups is 2. The number of amides is 1. The zero-order chi connectivity index (χ0) is 14.2. The molecule has 2 N–H and O–H groups in total. The average molecular weight is 279 g/mol. The predicted octanol–water partition coefficient (Wildman–Crippen LogP) is 1.94. The lowest BCUT2D eigenvalue weighted by atomic mass is 9.71. The number of fused-ring (bicyclic) bond motifs is 1. The fourth-order valence-electron chi connectivity index (χ4n) is 3.13. The summed E-state index contributed by atoms with van der Waals surface area (Å²) >= 11 is 0. The van der Waals surface area contributed by atoms with Gasteiger partial charge < -0.3 is 10.4 Å². The van der Waals surface area contributed by atoms with Crippen LogP contribution in [-0.2, 0) is 9.59 Å². The minimum absolute atomic E-state index is 0.121. The quantitative estimate of drug-likeness (QED) is 0.826. The van der Waals surface area contributed by atoms with Crippen molar-refractivity contribution in [2.75, 3.05) is 0 Å². The fraction of sp³-hybridized carbons (Fsp3) is 0.833. The lowest BCUT2D eigenvalue weighted by Gasteiger charge is -2.40. The van der Waals surface area contributed by atoms with Gasteiger partial charge in [0.05, 0.1) is 12.3 Å². The number of carbonyl (C=O) groups excluding carboxylic acids is 1. The Morgan fingerprint density at radius 2 is 1.89 bits per heavy atom. The van der Waals surface area contributed by atoms with Gasteiger partial charge in [0, 0.05) is 12.5 Å². The molecule has 7 heteroatoms. The summed E-state index contributed by atoms with van der Waals surface area (Å²) in [6.45, 7) is 0. The molecule has 0 bridgehead atoms. The van der Waals surface area contributed by atoms with Crippen molar-refractivity contribution in [3.05, 3.63) is 0 Å². The van der Waals surface area contributed by atoms with E-state index in [1.807, 2.05) is 0 Å². The van der Waals surface area contributed by atoms with E-state index >= 15 is 0 Å². The minimum atomic E-state index is -4.32. The first kappa shape index (κ1) is 14.1. The van der Waals surface area contributed by atoms with Crippen LogP contribution in [0.5, 0.6) is 0 Å². The summed E-state index contributed by atoms with van der Waals surface area (Å²) in [6, 6.07) is -0.143. The van der Waals surface area contributed by atoms with Gasteiger partial charge in [0.1, 0.15) is 0 Å². The van der Waals surface area contributed by atoms with Crippen molar-refractivity contribution >= 4 is 11.9 Å². The largest absolute Gasteiger partial charge is 0.481 e. The average Bonchev–Trinajstić information content (AvgIpc) is 2.60. The van der Waals surface area contributed by atoms with Crippen LogP contribution in [0.25, 0.3) is 0 Å². The topological polar surface area (TPSA) is 66.4 Å². The number of aliphatic carboxylic acids is 1. The van der Waals surface area contributed by atoms with Gasteiger partial charge in [-0.15, -0.1) is 0 Å². The zero-order valence-electron chi connectivity index (χ0n) is 10.2. The summed E-state index contributed by atoms with van der Waals surface area (Å²) in [4.78, 5) is 22.2. The molecule has 0 aromatic rings. The van der Waals surface area contributed by atoms with Gasteiger partial charge in [-0.1, -0.05) is 0 Å². The van der Waals surface area contributed by atoms with Crippen molar-refractivity contribution < 1.29 is 27.9 Å². The van der Waals surface area contributed by atoms with Gasteiger partial charge in [-0.25, -0.2) is 0 Å². The Labute approximate surface area is 108 Å². The van der Waals surface area contributed by atoms with Crippen molar-refractivity contribution in [3.63, 3.8) is 0 Å². The highest BCUT2D eigenvalue weighted by molar-refractivity contribution is 5.76. The van der Waals surface area contributed by atoms with Crippen molar-refractivity contribution in [2.45, 2.75) is 44.3 Å². The molecule has 0 radical (unpaired) electrons. The maximum absolute atomic E-state index is 12.0. The molecule has 0 aromatic carbocycles. The smallest absolute Gasteiger partial charge is 0.389 e. The van der Waals surface area contributed by atoms with Crippen LogP contribution in [0, 0.1) is 17.8 Å². The molecule has 19 heavy (non-hydrogen) atoms. The molecule has 2 aliphatic carbocycles. The van der Waals surface area contributed by atoms with Crippen LogP contribution in [-0.4, -0.2) is 29.2 Å². The summed E-state index contributed by atoms with van der Waals surface area (Å²) in [5.74, 6) is -1.37. The predicted molar refractivity (Wildman–Crippen MR) is 59.2 cm³/mol. The monoisotopic (exact) mass is 279 g/mol. The van der Waals surface area contributed by atoms with Crippen LogP contribution in [0.1, 0.15) is 32.1 Å². The van der Waals surface area contributed by atoms with E-state index in [2.05, 4.69) is 5.32 Å². The van der Waals surface area contributed by atoms with Gasteiger partial charge in [0.2, 0.25) is 5.91 Å². The van der Waals surface area contributed by atoms with Crippen molar-refractivity contribution in [1.82, 2.24) is 5.32 Å². The van der Waals surface area contributed by atoms with Crippen LogP contribution >= 0.6 is 0 Å². The summed E-state index contributed by atoms with van der Waals surface area (Å²) in [5, 5.41) is 11.5. The lowest BCUT2D eigenvalue weighted by Crippen LogP contribution is -2.50. The Kier molecular flexibility index (Phi) is 3.73. The second kappa shape index (κ2) is 5.02. The molecule has 0 saturated heterocycles. The molecule has 2 saturated carbocycles. The first-order valence-electron chi connectivity index (χ1n) is 6.35. The first-order chi connectivity index (χ1) is 8.76. The summed E-state index contributed by atoms with van der Waals surface area (Å²) in [6.07, 6.45) is -4.16. The highest BCUT2D eigenvalue weighted by atomic mass is 19.4. The van der Waals surface area contributed by atoms with E-state index in [0.29, 0.717) is 25.2 Å². The van der Waals surface area contributed by atoms with E-state index in [-0.39, 0.29) is 17.9 Å². The van der Waals surface area contributed by atoms with E-state index in [9.17, 15) is 22.8 Å². The van der Waals surface area contributed by atoms with Crippen molar-refractivity contribution in [3.8, 4) is 0 Å². The zero-order valence-corrected chi connectivity index (χ0v) is 10.2. The number of nitrogens with one attached hydrogen (secondary N) is 1. The maximum atomic E-state index is 12.0. The van der Waals surface area contributed by atoms with Crippen molar-refractivity contribution in [1.29, 1.82) is 0 Å². The molecule has 1 unspecified atom stereocenters. The number of carboxylic acids is 1. The number of rotatable bonds is 4. The Hall–Kier alpha value is -1.27. The number of hydrogen-bond acceptors (Lipinski definition) is 2. The van der Waals surface area contributed by atoms with Gasteiger partial charge in [-0.3, -0.25) is 9.59 Å². The summed E-state index contributed by atoms with van der Waals surface area (Å²) in [7, 11) is 0. The molecule has 4 atom stereocenters. The second-order valence-electron chi connectivity index (χ2n) is 5.46. The molecule has 0 heterocycles. The molecule has 0 aromatic heterocycles. The standard InChI is InChI=1S/C12H16F3NO3/c13-12(14,15)2-1-10(17)16-9-5-6-3-7(11(18)19)4-8(6)9/h6-9H,1-5H2,(H,16,17)(H,18,19)/t6-,7?,8-,9+/m1/s1. The number of carboxylic acid groups (broad SMARTS) is 1. The fourth-order valence-corrected chi connectivity index (χ4v) is 3.13. The lowest BCUT2D eigenvalue weighted by molar-refractivity contribution is -0.145. The van der Waals surface area contributed by atoms with Gasteiger partial charge >= 0.3 is 12.1 Å². The van der Waals surface area contributed by atoms with Crippen LogP contribution < -0.4 is 5.32 Å². The second-order valence-corrected chi connectivity index (χ2v) is 5.46. The highest BCUT2D eigenvalue weighted by Gasteiger charge is 2.49. The summed E-state index contributed by atoms with van der Waals surface area (Å²) in [5.41, 5.74) is 0. The van der Waals surface area contributed by atoms with Crippen LogP contribution in [0.15, 0.2) is 0 Å². The number of halogens is 3. The minimum Gasteiger partial charge on any atom is -0.481 e. The third-order valence-electron chi connectivity index (χ3n) is 4.15. The van der Waals surface area contributed by atoms with Gasteiger partial charge in [0.15, 0.2) is 0 Å². The number of alkyl halides is 3. The molecular weight excluding hydrogens is 263 g/mol. The molecule has 0 spiro atoms. The van der Waals surface area contributed by atoms with E-state index in [1.54, 1.807) is 0 Å². The molecule has 2 rings (SSSR count). The highest BCUT2D eigenvalue weighted by Crippen LogP contribution is 2.49. The van der Waals surface area contributed by atoms with Crippen LogP contribution in [0.2, 0.25) is 0 Å². The first-order valence-corrected chi connectivity index (χ1v) is 6.35. The third kappa shape index (κ3) is 3.39. The van der Waals surface area contributed by atoms with E-state index in [0.717, 1.165) is 0 Å². The SMILES string of the molecule is O=C(CCC(F)(F)F)N[C@H]1C[C@H]2CC(C(=O)O)C[C@H]21. The number of hydrogen-bond donors (Lipinski definition) is 2. The molecule has 0 aliphatic heterocycles. The van der Waals surface area contributed by atoms with E-state index in [4.69, 9.17) is 5.11 Å².